The second-order valence-electron chi connectivity index (χ2n) is 7.68. The Labute approximate surface area is 183 Å². The van der Waals surface area contributed by atoms with E-state index < -0.39 is 7.29 Å². The van der Waals surface area contributed by atoms with Crippen LogP contribution in [0.4, 0.5) is 0 Å². The van der Waals surface area contributed by atoms with Gasteiger partial charge < -0.3 is 0 Å². The minimum Gasteiger partial charge on any atom is -0.288 e. The summed E-state index contributed by atoms with van der Waals surface area (Å²) < 4.78 is 19.2. The van der Waals surface area contributed by atoms with Crippen LogP contribution >= 0.6 is 7.29 Å². The Kier molecular flexibility index (Phi) is 5.02. The molecule has 5 rings (SSSR count). The molecule has 1 unspecified atom stereocenters. The van der Waals surface area contributed by atoms with E-state index in [1.165, 1.54) is 0 Å². The maximum atomic E-state index is 14.3. The summed E-state index contributed by atoms with van der Waals surface area (Å²) in [7, 11) is -3.13. The molecule has 0 aliphatic carbocycles. The molecule has 0 spiro atoms. The van der Waals surface area contributed by atoms with Gasteiger partial charge in [0.15, 0.2) is 0 Å². The van der Waals surface area contributed by atoms with Gasteiger partial charge in [0.25, 0.3) is 0 Å². The highest BCUT2D eigenvalue weighted by molar-refractivity contribution is 7.80. The highest BCUT2D eigenvalue weighted by Crippen LogP contribution is 2.62. The monoisotopic (exact) mass is 419 g/mol. The molecule has 0 radical (unpaired) electrons. The van der Waals surface area contributed by atoms with E-state index in [1.54, 1.807) is 0 Å². The highest BCUT2D eigenvalue weighted by Gasteiger charge is 2.35. The van der Waals surface area contributed by atoms with E-state index in [-0.39, 0.29) is 0 Å². The number of nitrogens with zero attached hydrogens (tertiary/aromatic N) is 1. The summed E-state index contributed by atoms with van der Waals surface area (Å²) in [5.41, 5.74) is 6.18. The van der Waals surface area contributed by atoms with Crippen molar-refractivity contribution in [1.29, 1.82) is 0 Å². The molecular weight excluding hydrogens is 397 g/mol. The minimum atomic E-state index is -3.13. The van der Waals surface area contributed by atoms with E-state index in [9.17, 15) is 4.57 Å². The van der Waals surface area contributed by atoms with Crippen LogP contribution in [0.5, 0.6) is 0 Å². The lowest BCUT2D eigenvalue weighted by Crippen LogP contribution is -2.02. The fourth-order valence-corrected chi connectivity index (χ4v) is 6.34. The van der Waals surface area contributed by atoms with Crippen LogP contribution in [0.2, 0.25) is 0 Å². The zero-order valence-corrected chi connectivity index (χ0v) is 18.2. The molecule has 1 aliphatic heterocycles. The molecule has 0 bridgehead atoms. The maximum absolute atomic E-state index is 14.3. The molecule has 0 amide bonds. The van der Waals surface area contributed by atoms with Gasteiger partial charge in [0.2, 0.25) is 7.29 Å². The van der Waals surface area contributed by atoms with E-state index in [1.807, 2.05) is 72.8 Å². The van der Waals surface area contributed by atoms with Gasteiger partial charge in [0.1, 0.15) is 0 Å². The standard InChI is InChI=1S/C28H22NOP/c1-21-10-8-9-15-26(21)27-20-28(31(30,29-27)25-13-6-3-7-14-25)24-18-16-23(17-19-24)22-11-4-2-5-12-22/h2-20H,1H3. The zero-order valence-electron chi connectivity index (χ0n) is 17.3. The van der Waals surface area contributed by atoms with Crippen molar-refractivity contribution in [3.63, 3.8) is 0 Å². The van der Waals surface area contributed by atoms with Crippen LogP contribution in [0.15, 0.2) is 120 Å². The minimum absolute atomic E-state index is 0.761. The lowest BCUT2D eigenvalue weighted by Gasteiger charge is -2.15. The van der Waals surface area contributed by atoms with Crippen LogP contribution in [-0.2, 0) is 4.57 Å². The molecule has 2 nitrogen and oxygen atoms in total. The summed E-state index contributed by atoms with van der Waals surface area (Å²) in [6.45, 7) is 2.06. The first-order chi connectivity index (χ1) is 15.1. The van der Waals surface area contributed by atoms with Gasteiger partial charge in [-0.25, -0.2) is 4.76 Å². The summed E-state index contributed by atoms with van der Waals surface area (Å²) >= 11 is 0. The molecule has 4 aromatic rings. The Morgan fingerprint density at radius 2 is 1.16 bits per heavy atom. The summed E-state index contributed by atoms with van der Waals surface area (Å²) in [6, 6.07) is 36.3. The number of allylic oxidation sites excluding steroid dienone is 1. The fraction of sp³-hybridized carbons (Fsp3) is 0.0357. The number of benzene rings is 4. The van der Waals surface area contributed by atoms with Crippen molar-refractivity contribution in [1.82, 2.24) is 0 Å². The lowest BCUT2D eigenvalue weighted by molar-refractivity contribution is 0.589. The van der Waals surface area contributed by atoms with Crippen molar-refractivity contribution < 1.29 is 4.57 Å². The van der Waals surface area contributed by atoms with Crippen molar-refractivity contribution in [3.8, 4) is 11.1 Å². The molecule has 0 aromatic heterocycles. The average molecular weight is 419 g/mol. The molecule has 0 saturated carbocycles. The topological polar surface area (TPSA) is 29.4 Å². The normalized spacial score (nSPS) is 17.8. The van der Waals surface area contributed by atoms with E-state index in [2.05, 4.69) is 49.4 Å². The third-order valence-corrected chi connectivity index (χ3v) is 8.20. The molecule has 3 heteroatoms. The van der Waals surface area contributed by atoms with Crippen LogP contribution in [0.3, 0.4) is 0 Å². The first-order valence-electron chi connectivity index (χ1n) is 10.4. The Balaban J connectivity index is 1.63. The summed E-state index contributed by atoms with van der Waals surface area (Å²) in [4.78, 5) is 0. The van der Waals surface area contributed by atoms with Crippen LogP contribution in [0.25, 0.3) is 16.4 Å². The molecule has 1 aliphatic rings. The van der Waals surface area contributed by atoms with Gasteiger partial charge in [0.05, 0.1) is 5.71 Å². The lowest BCUT2D eigenvalue weighted by atomic mass is 10.0. The zero-order chi connectivity index (χ0) is 21.3. The van der Waals surface area contributed by atoms with Crippen LogP contribution in [-0.4, -0.2) is 5.71 Å². The summed E-state index contributed by atoms with van der Waals surface area (Å²) in [5, 5.41) is 1.55. The van der Waals surface area contributed by atoms with Crippen molar-refractivity contribution in [2.45, 2.75) is 6.92 Å². The molecule has 1 atom stereocenters. The SMILES string of the molecule is Cc1ccccc1C1=NP(=O)(c2ccccc2)C(c2ccc(-c3ccccc3)cc2)=C1. The molecule has 0 fully saturated rings. The third-order valence-electron chi connectivity index (χ3n) is 5.66. The van der Waals surface area contributed by atoms with Gasteiger partial charge in [-0.05, 0) is 47.4 Å². The number of rotatable bonds is 4. The van der Waals surface area contributed by atoms with Gasteiger partial charge in [-0.3, -0.25) is 4.57 Å². The Morgan fingerprint density at radius 3 is 1.84 bits per heavy atom. The van der Waals surface area contributed by atoms with Gasteiger partial charge in [-0.15, -0.1) is 0 Å². The van der Waals surface area contributed by atoms with E-state index in [0.29, 0.717) is 0 Å². The quantitative estimate of drug-likeness (QED) is 0.324. The highest BCUT2D eigenvalue weighted by atomic mass is 31.2. The molecule has 0 N–H and O–H groups in total. The van der Waals surface area contributed by atoms with E-state index >= 15 is 0 Å². The summed E-state index contributed by atoms with van der Waals surface area (Å²) in [6.07, 6.45) is 2.01. The predicted molar refractivity (Wildman–Crippen MR) is 131 cm³/mol. The average Bonchev–Trinajstić information content (AvgIpc) is 3.19. The first-order valence-corrected chi connectivity index (χ1v) is 12.0. The largest absolute Gasteiger partial charge is 0.288 e. The van der Waals surface area contributed by atoms with Gasteiger partial charge in [0, 0.05) is 16.2 Å². The number of hydrogen-bond acceptors (Lipinski definition) is 1. The fourth-order valence-electron chi connectivity index (χ4n) is 3.99. The number of aryl methyl sites for hydroxylation is 1. The molecule has 150 valence electrons. The second kappa shape index (κ2) is 7.98. The van der Waals surface area contributed by atoms with Gasteiger partial charge >= 0.3 is 0 Å². The number of hydrogen-bond donors (Lipinski definition) is 0. The third kappa shape index (κ3) is 3.60. The van der Waals surface area contributed by atoms with E-state index in [4.69, 9.17) is 4.76 Å². The second-order valence-corrected chi connectivity index (χ2v) is 10.0. The molecule has 0 saturated heterocycles. The Morgan fingerprint density at radius 1 is 0.613 bits per heavy atom. The molecular formula is C28H22NOP. The maximum Gasteiger partial charge on any atom is 0.248 e. The van der Waals surface area contributed by atoms with Gasteiger partial charge in [-0.2, -0.15) is 0 Å². The van der Waals surface area contributed by atoms with Crippen molar-refractivity contribution in [2.75, 3.05) is 0 Å². The van der Waals surface area contributed by atoms with Crippen molar-refractivity contribution >= 4 is 23.6 Å². The van der Waals surface area contributed by atoms with Crippen molar-refractivity contribution in [2.24, 2.45) is 4.76 Å². The molecule has 31 heavy (non-hydrogen) atoms. The van der Waals surface area contributed by atoms with Gasteiger partial charge in [-0.1, -0.05) is 97.1 Å². The van der Waals surface area contributed by atoms with E-state index in [0.717, 1.165) is 44.1 Å². The predicted octanol–water partition coefficient (Wildman–Crippen LogP) is 7.11. The molecule has 4 aromatic carbocycles. The Hall–Kier alpha value is -3.48. The molecule has 1 heterocycles. The Bertz CT molecular complexity index is 1340. The smallest absolute Gasteiger partial charge is 0.248 e. The van der Waals surface area contributed by atoms with Crippen LogP contribution < -0.4 is 5.30 Å². The first kappa shape index (κ1) is 19.5. The van der Waals surface area contributed by atoms with Crippen LogP contribution in [0, 0.1) is 6.92 Å². The van der Waals surface area contributed by atoms with Crippen LogP contribution in [0.1, 0.15) is 16.7 Å². The summed E-state index contributed by atoms with van der Waals surface area (Å²) in [5.74, 6) is 0. The van der Waals surface area contributed by atoms with Crippen molar-refractivity contribution in [3.05, 3.63) is 132 Å².